The topological polar surface area (TPSA) is 64.9 Å². The van der Waals surface area contributed by atoms with Crippen LogP contribution in [-0.2, 0) is 5.54 Å². The van der Waals surface area contributed by atoms with Gasteiger partial charge in [0.1, 0.15) is 5.82 Å². The Balaban J connectivity index is 1.89. The van der Waals surface area contributed by atoms with Gasteiger partial charge in [0, 0.05) is 0 Å². The normalized spacial score (nSPS) is 26.0. The summed E-state index contributed by atoms with van der Waals surface area (Å²) < 4.78 is 19.2. The molecule has 112 valence electrons. The molecular weight excluding hydrogens is 269 g/mol. The van der Waals surface area contributed by atoms with E-state index in [0.29, 0.717) is 17.3 Å². The Kier molecular flexibility index (Phi) is 3.53. The van der Waals surface area contributed by atoms with Gasteiger partial charge in [-0.15, -0.1) is 0 Å². The summed E-state index contributed by atoms with van der Waals surface area (Å²) in [7, 11) is 0. The summed E-state index contributed by atoms with van der Waals surface area (Å²) in [5.74, 6) is 1.02. The Hall–Kier alpha value is -1.75. The van der Waals surface area contributed by atoms with Crippen LogP contribution in [0.15, 0.2) is 22.7 Å². The molecule has 0 bridgehead atoms. The molecule has 0 radical (unpaired) electrons. The van der Waals surface area contributed by atoms with E-state index in [4.69, 9.17) is 10.3 Å². The molecule has 1 saturated carbocycles. The van der Waals surface area contributed by atoms with Crippen LogP contribution in [0.25, 0.3) is 11.5 Å². The van der Waals surface area contributed by atoms with Crippen LogP contribution in [0.3, 0.4) is 0 Å². The average Bonchev–Trinajstić information content (AvgIpc) is 2.92. The lowest BCUT2D eigenvalue weighted by Crippen LogP contribution is -2.41. The zero-order valence-corrected chi connectivity index (χ0v) is 12.4. The predicted octanol–water partition coefficient (Wildman–Crippen LogP) is 3.55. The van der Waals surface area contributed by atoms with Gasteiger partial charge in [0.2, 0.25) is 0 Å². The van der Waals surface area contributed by atoms with Crippen molar-refractivity contribution in [3.63, 3.8) is 0 Å². The van der Waals surface area contributed by atoms with Gasteiger partial charge in [-0.2, -0.15) is 4.98 Å². The molecule has 0 saturated heterocycles. The summed E-state index contributed by atoms with van der Waals surface area (Å²) in [6, 6.07) is 4.94. The maximum atomic E-state index is 14.0. The van der Waals surface area contributed by atoms with Crippen LogP contribution in [0, 0.1) is 18.7 Å². The second-order valence-corrected chi connectivity index (χ2v) is 6.25. The second-order valence-electron chi connectivity index (χ2n) is 6.25. The maximum Gasteiger partial charge on any atom is 0.260 e. The van der Waals surface area contributed by atoms with E-state index in [0.717, 1.165) is 31.2 Å². The minimum Gasteiger partial charge on any atom is -0.334 e. The highest BCUT2D eigenvalue weighted by molar-refractivity contribution is 5.54. The highest BCUT2D eigenvalue weighted by atomic mass is 19.1. The first-order valence-electron chi connectivity index (χ1n) is 7.37. The van der Waals surface area contributed by atoms with Crippen LogP contribution in [0.4, 0.5) is 4.39 Å². The zero-order chi connectivity index (χ0) is 15.0. The lowest BCUT2D eigenvalue weighted by molar-refractivity contribution is 0.230. The van der Waals surface area contributed by atoms with Crippen molar-refractivity contribution in [2.75, 3.05) is 0 Å². The lowest BCUT2D eigenvalue weighted by atomic mass is 9.77. The molecule has 4 nitrogen and oxygen atoms in total. The van der Waals surface area contributed by atoms with Crippen LogP contribution in [-0.4, -0.2) is 10.1 Å². The fourth-order valence-corrected chi connectivity index (χ4v) is 2.83. The molecule has 1 aromatic heterocycles. The summed E-state index contributed by atoms with van der Waals surface area (Å²) in [6.45, 7) is 4.06. The number of aryl methyl sites for hydroxylation is 1. The number of hydrogen-bond acceptors (Lipinski definition) is 4. The highest BCUT2D eigenvalue weighted by Gasteiger charge is 2.36. The minimum atomic E-state index is -0.546. The van der Waals surface area contributed by atoms with Gasteiger partial charge < -0.3 is 10.3 Å². The quantitative estimate of drug-likeness (QED) is 0.918. The molecule has 1 aromatic carbocycles. The van der Waals surface area contributed by atoms with E-state index in [-0.39, 0.29) is 11.7 Å². The summed E-state index contributed by atoms with van der Waals surface area (Å²) >= 11 is 0. The van der Waals surface area contributed by atoms with Crippen LogP contribution >= 0.6 is 0 Å². The van der Waals surface area contributed by atoms with Crippen molar-refractivity contribution in [1.29, 1.82) is 0 Å². The number of hydrogen-bond donors (Lipinski definition) is 1. The van der Waals surface area contributed by atoms with Crippen molar-refractivity contribution >= 4 is 0 Å². The summed E-state index contributed by atoms with van der Waals surface area (Å²) in [5.41, 5.74) is 7.05. The van der Waals surface area contributed by atoms with Crippen molar-refractivity contribution < 1.29 is 8.91 Å². The van der Waals surface area contributed by atoms with Crippen molar-refractivity contribution in [2.24, 2.45) is 11.7 Å². The Morgan fingerprint density at radius 1 is 1.33 bits per heavy atom. The van der Waals surface area contributed by atoms with Gasteiger partial charge in [0.25, 0.3) is 5.89 Å². The van der Waals surface area contributed by atoms with E-state index < -0.39 is 5.54 Å². The maximum absolute atomic E-state index is 14.0. The average molecular weight is 289 g/mol. The molecule has 3 rings (SSSR count). The number of halogens is 1. The molecule has 1 aliphatic carbocycles. The fourth-order valence-electron chi connectivity index (χ4n) is 2.83. The SMILES string of the molecule is Cc1ccc(-c2nc(C3(N)CCC(C)CC3)no2)c(F)c1. The molecule has 0 unspecified atom stereocenters. The van der Waals surface area contributed by atoms with E-state index in [1.807, 2.05) is 13.0 Å². The predicted molar refractivity (Wildman–Crippen MR) is 77.9 cm³/mol. The molecule has 2 N–H and O–H groups in total. The smallest absolute Gasteiger partial charge is 0.260 e. The Morgan fingerprint density at radius 3 is 2.71 bits per heavy atom. The second kappa shape index (κ2) is 5.22. The molecule has 1 heterocycles. The van der Waals surface area contributed by atoms with Crippen LogP contribution < -0.4 is 5.73 Å². The van der Waals surface area contributed by atoms with Gasteiger partial charge in [-0.1, -0.05) is 18.1 Å². The molecule has 5 heteroatoms. The van der Waals surface area contributed by atoms with Crippen LogP contribution in [0.2, 0.25) is 0 Å². The first kappa shape index (κ1) is 14.2. The molecule has 21 heavy (non-hydrogen) atoms. The van der Waals surface area contributed by atoms with Gasteiger partial charge in [-0.3, -0.25) is 0 Å². The molecule has 0 amide bonds. The lowest BCUT2D eigenvalue weighted by Gasteiger charge is -2.33. The molecule has 0 spiro atoms. The molecular formula is C16H20FN3O. The Labute approximate surface area is 123 Å². The zero-order valence-electron chi connectivity index (χ0n) is 12.4. The highest BCUT2D eigenvalue weighted by Crippen LogP contribution is 2.36. The molecule has 0 aliphatic heterocycles. The fraction of sp³-hybridized carbons (Fsp3) is 0.500. The minimum absolute atomic E-state index is 0.200. The third-order valence-corrected chi connectivity index (χ3v) is 4.39. The summed E-state index contributed by atoms with van der Waals surface area (Å²) in [6.07, 6.45) is 3.78. The van der Waals surface area contributed by atoms with E-state index in [1.54, 1.807) is 6.07 Å². The van der Waals surface area contributed by atoms with Gasteiger partial charge in [0.15, 0.2) is 5.82 Å². The largest absolute Gasteiger partial charge is 0.334 e. The van der Waals surface area contributed by atoms with Gasteiger partial charge in [0.05, 0.1) is 11.1 Å². The number of rotatable bonds is 2. The molecule has 1 fully saturated rings. The number of benzene rings is 1. The third-order valence-electron chi connectivity index (χ3n) is 4.39. The Morgan fingerprint density at radius 2 is 2.05 bits per heavy atom. The van der Waals surface area contributed by atoms with E-state index in [9.17, 15) is 4.39 Å². The van der Waals surface area contributed by atoms with E-state index in [1.165, 1.54) is 6.07 Å². The molecule has 1 aliphatic rings. The molecule has 0 atom stereocenters. The van der Waals surface area contributed by atoms with E-state index >= 15 is 0 Å². The number of aromatic nitrogens is 2. The monoisotopic (exact) mass is 289 g/mol. The standard InChI is InChI=1S/C16H20FN3O/c1-10-5-7-16(18,8-6-10)15-19-14(21-20-15)12-4-3-11(2)9-13(12)17/h3-4,9-10H,5-8,18H2,1-2H3. The van der Waals surface area contributed by atoms with Gasteiger partial charge >= 0.3 is 0 Å². The first-order valence-corrected chi connectivity index (χ1v) is 7.37. The number of nitrogens with two attached hydrogens (primary N) is 1. The van der Waals surface area contributed by atoms with Crippen molar-refractivity contribution in [3.8, 4) is 11.5 Å². The van der Waals surface area contributed by atoms with Crippen molar-refractivity contribution in [2.45, 2.75) is 45.1 Å². The van der Waals surface area contributed by atoms with Crippen molar-refractivity contribution in [1.82, 2.24) is 10.1 Å². The number of nitrogens with zero attached hydrogens (tertiary/aromatic N) is 2. The van der Waals surface area contributed by atoms with E-state index in [2.05, 4.69) is 17.1 Å². The van der Waals surface area contributed by atoms with Gasteiger partial charge in [-0.05, 0) is 56.2 Å². The van der Waals surface area contributed by atoms with Crippen LogP contribution in [0.5, 0.6) is 0 Å². The first-order chi connectivity index (χ1) is 9.98. The van der Waals surface area contributed by atoms with Gasteiger partial charge in [-0.25, -0.2) is 4.39 Å². The summed E-state index contributed by atoms with van der Waals surface area (Å²) in [5, 5.41) is 4.00. The Bertz CT molecular complexity index is 645. The summed E-state index contributed by atoms with van der Waals surface area (Å²) in [4.78, 5) is 4.35. The third kappa shape index (κ3) is 2.70. The van der Waals surface area contributed by atoms with Crippen molar-refractivity contribution in [3.05, 3.63) is 35.4 Å². The van der Waals surface area contributed by atoms with Crippen LogP contribution in [0.1, 0.15) is 44.0 Å². The molecule has 2 aromatic rings.